The molecule has 1 fully saturated rings. The van der Waals surface area contributed by atoms with Crippen molar-refractivity contribution in [1.29, 1.82) is 0 Å². The molecule has 0 radical (unpaired) electrons. The van der Waals surface area contributed by atoms with Crippen molar-refractivity contribution in [3.63, 3.8) is 0 Å². The Bertz CT molecular complexity index is 203. The molecule has 94 valence electrons. The highest BCUT2D eigenvalue weighted by Crippen LogP contribution is 2.45. The maximum Gasteiger partial charge on any atom is 0.0594 e. The molecule has 1 nitrogen and oxygen atoms in total. The van der Waals surface area contributed by atoms with Crippen molar-refractivity contribution in [2.45, 2.75) is 71.3 Å². The lowest BCUT2D eigenvalue weighted by atomic mass is 9.65. The fraction of sp³-hybridized carbons (Fsp3) is 0.867. The maximum atomic E-state index is 10.3. The first-order valence-corrected chi connectivity index (χ1v) is 6.99. The zero-order valence-electron chi connectivity index (χ0n) is 11.0. The number of aliphatic hydroxyl groups is 1. The zero-order valence-corrected chi connectivity index (χ0v) is 11.0. The van der Waals surface area contributed by atoms with E-state index in [9.17, 15) is 5.11 Å². The van der Waals surface area contributed by atoms with Gasteiger partial charge in [0.2, 0.25) is 0 Å². The van der Waals surface area contributed by atoms with E-state index in [0.29, 0.717) is 5.92 Å². The summed E-state index contributed by atoms with van der Waals surface area (Å²) in [7, 11) is 0. The van der Waals surface area contributed by atoms with Crippen LogP contribution in [0.3, 0.4) is 0 Å². The lowest BCUT2D eigenvalue weighted by molar-refractivity contribution is -0.0202. The number of aliphatic hydroxyl groups excluding tert-OH is 1. The Morgan fingerprint density at radius 2 is 1.81 bits per heavy atom. The van der Waals surface area contributed by atoms with Crippen molar-refractivity contribution >= 4 is 0 Å². The molecular weight excluding hydrogens is 196 g/mol. The molecular formula is C15H28O. The molecule has 1 saturated carbocycles. The molecule has 1 heteroatoms. The molecule has 2 unspecified atom stereocenters. The molecule has 1 aliphatic rings. The van der Waals surface area contributed by atoms with E-state index >= 15 is 0 Å². The van der Waals surface area contributed by atoms with Crippen molar-refractivity contribution in [3.8, 4) is 0 Å². The van der Waals surface area contributed by atoms with Gasteiger partial charge in [-0.3, -0.25) is 0 Å². The van der Waals surface area contributed by atoms with E-state index in [1.165, 1.54) is 32.1 Å². The van der Waals surface area contributed by atoms with Gasteiger partial charge in [0, 0.05) is 0 Å². The maximum absolute atomic E-state index is 10.3. The van der Waals surface area contributed by atoms with Gasteiger partial charge in [0.25, 0.3) is 0 Å². The van der Waals surface area contributed by atoms with Crippen LogP contribution >= 0.6 is 0 Å². The second-order valence-electron chi connectivity index (χ2n) is 5.46. The zero-order chi connectivity index (χ0) is 12.0. The van der Waals surface area contributed by atoms with Gasteiger partial charge in [0.05, 0.1) is 6.10 Å². The fourth-order valence-electron chi connectivity index (χ4n) is 3.28. The van der Waals surface area contributed by atoms with Crippen LogP contribution < -0.4 is 0 Å². The van der Waals surface area contributed by atoms with Crippen LogP contribution in [0.15, 0.2) is 12.7 Å². The molecule has 0 aliphatic heterocycles. The van der Waals surface area contributed by atoms with Gasteiger partial charge in [0.15, 0.2) is 0 Å². The summed E-state index contributed by atoms with van der Waals surface area (Å²) >= 11 is 0. The summed E-state index contributed by atoms with van der Waals surface area (Å²) in [4.78, 5) is 0. The number of rotatable bonds is 6. The number of hydrogen-bond donors (Lipinski definition) is 1. The summed E-state index contributed by atoms with van der Waals surface area (Å²) in [6, 6.07) is 0. The summed E-state index contributed by atoms with van der Waals surface area (Å²) in [5.41, 5.74) is 0.196. The Morgan fingerprint density at radius 3 is 2.25 bits per heavy atom. The lowest BCUT2D eigenvalue weighted by Crippen LogP contribution is -2.38. The van der Waals surface area contributed by atoms with E-state index in [1.807, 2.05) is 0 Å². The third-order valence-corrected chi connectivity index (χ3v) is 4.47. The van der Waals surface area contributed by atoms with E-state index in [2.05, 4.69) is 26.5 Å². The Morgan fingerprint density at radius 1 is 1.19 bits per heavy atom. The first-order valence-electron chi connectivity index (χ1n) is 6.99. The Balaban J connectivity index is 2.72. The summed E-state index contributed by atoms with van der Waals surface area (Å²) < 4.78 is 0. The summed E-state index contributed by atoms with van der Waals surface area (Å²) in [5, 5.41) is 10.3. The van der Waals surface area contributed by atoms with Crippen LogP contribution in [0.1, 0.15) is 65.2 Å². The van der Waals surface area contributed by atoms with Crippen molar-refractivity contribution in [2.75, 3.05) is 0 Å². The van der Waals surface area contributed by atoms with Gasteiger partial charge in [-0.15, -0.1) is 6.58 Å². The topological polar surface area (TPSA) is 20.2 Å². The lowest BCUT2D eigenvalue weighted by Gasteiger charge is -2.43. The number of allylic oxidation sites excluding steroid dienone is 1. The Kier molecular flexibility index (Phi) is 5.54. The first kappa shape index (κ1) is 13.8. The normalized spacial score (nSPS) is 23.7. The third kappa shape index (κ3) is 3.10. The van der Waals surface area contributed by atoms with Crippen LogP contribution in [0.25, 0.3) is 0 Å². The van der Waals surface area contributed by atoms with Crippen molar-refractivity contribution in [2.24, 2.45) is 11.3 Å². The third-order valence-electron chi connectivity index (χ3n) is 4.47. The molecule has 0 aromatic carbocycles. The highest BCUT2D eigenvalue weighted by Gasteiger charge is 2.38. The first-order chi connectivity index (χ1) is 7.68. The van der Waals surface area contributed by atoms with Crippen LogP contribution in [-0.2, 0) is 0 Å². The smallest absolute Gasteiger partial charge is 0.0594 e. The fourth-order valence-corrected chi connectivity index (χ4v) is 3.28. The van der Waals surface area contributed by atoms with Crippen LogP contribution in [0.4, 0.5) is 0 Å². The molecule has 0 bridgehead atoms. The van der Waals surface area contributed by atoms with E-state index in [-0.39, 0.29) is 11.5 Å². The van der Waals surface area contributed by atoms with Crippen LogP contribution in [0.2, 0.25) is 0 Å². The van der Waals surface area contributed by atoms with Gasteiger partial charge < -0.3 is 5.11 Å². The van der Waals surface area contributed by atoms with Gasteiger partial charge >= 0.3 is 0 Å². The van der Waals surface area contributed by atoms with Gasteiger partial charge in [-0.2, -0.15) is 0 Å². The van der Waals surface area contributed by atoms with Crippen LogP contribution in [-0.4, -0.2) is 11.2 Å². The van der Waals surface area contributed by atoms with Crippen LogP contribution in [0.5, 0.6) is 0 Å². The van der Waals surface area contributed by atoms with Crippen LogP contribution in [0, 0.1) is 11.3 Å². The van der Waals surface area contributed by atoms with E-state index in [4.69, 9.17) is 0 Å². The Labute approximate surface area is 101 Å². The molecule has 16 heavy (non-hydrogen) atoms. The van der Waals surface area contributed by atoms with Crippen molar-refractivity contribution in [3.05, 3.63) is 12.7 Å². The molecule has 0 spiro atoms. The highest BCUT2D eigenvalue weighted by atomic mass is 16.3. The predicted octanol–water partition coefficient (Wildman–Crippen LogP) is 4.31. The van der Waals surface area contributed by atoms with Gasteiger partial charge in [-0.05, 0) is 43.4 Å². The minimum absolute atomic E-state index is 0.109. The average Bonchev–Trinajstić information content (AvgIpc) is 2.36. The summed E-state index contributed by atoms with van der Waals surface area (Å²) in [6.45, 7) is 8.26. The molecule has 0 aromatic rings. The summed E-state index contributed by atoms with van der Waals surface area (Å²) in [6.07, 6.45) is 11.5. The van der Waals surface area contributed by atoms with E-state index < -0.39 is 0 Å². The second-order valence-corrected chi connectivity index (χ2v) is 5.46. The quantitative estimate of drug-likeness (QED) is 0.667. The van der Waals surface area contributed by atoms with Gasteiger partial charge in [-0.25, -0.2) is 0 Å². The number of hydrogen-bond acceptors (Lipinski definition) is 1. The standard InChI is InChI=1S/C15H28O/c1-4-13(5-2)12-15(14(16)6-3)10-8-7-9-11-15/h4,13-14,16H,1,5-12H2,2-3H3. The molecule has 0 heterocycles. The molecule has 0 aromatic heterocycles. The van der Waals surface area contributed by atoms with Crippen molar-refractivity contribution < 1.29 is 5.11 Å². The molecule has 0 amide bonds. The van der Waals surface area contributed by atoms with Gasteiger partial charge in [0.1, 0.15) is 0 Å². The summed E-state index contributed by atoms with van der Waals surface area (Å²) in [5.74, 6) is 0.583. The second kappa shape index (κ2) is 6.44. The van der Waals surface area contributed by atoms with E-state index in [1.54, 1.807) is 0 Å². The molecule has 1 rings (SSSR count). The van der Waals surface area contributed by atoms with Crippen molar-refractivity contribution in [1.82, 2.24) is 0 Å². The average molecular weight is 224 g/mol. The highest BCUT2D eigenvalue weighted by molar-refractivity contribution is 4.93. The minimum atomic E-state index is -0.109. The van der Waals surface area contributed by atoms with E-state index in [0.717, 1.165) is 19.3 Å². The molecule has 1 N–H and O–H groups in total. The monoisotopic (exact) mass is 224 g/mol. The minimum Gasteiger partial charge on any atom is -0.393 e. The molecule has 0 saturated heterocycles. The molecule has 2 atom stereocenters. The predicted molar refractivity (Wildman–Crippen MR) is 70.4 cm³/mol. The largest absolute Gasteiger partial charge is 0.393 e. The van der Waals surface area contributed by atoms with Gasteiger partial charge in [-0.1, -0.05) is 39.2 Å². The SMILES string of the molecule is C=CC(CC)CC1(C(O)CC)CCCCC1. The Hall–Kier alpha value is -0.300. The molecule has 1 aliphatic carbocycles.